The van der Waals surface area contributed by atoms with Gasteiger partial charge in [-0.2, -0.15) is 5.10 Å². The lowest BCUT2D eigenvalue weighted by Crippen LogP contribution is -2.49. The Labute approximate surface area is 210 Å². The van der Waals surface area contributed by atoms with E-state index in [1.54, 1.807) is 25.8 Å². The van der Waals surface area contributed by atoms with Gasteiger partial charge in [0.25, 0.3) is 5.56 Å². The minimum atomic E-state index is -1.19. The zero-order valence-corrected chi connectivity index (χ0v) is 21.2. The molecule has 0 radical (unpaired) electrons. The number of hydrogen-bond donors (Lipinski definition) is 2. The lowest BCUT2D eigenvalue weighted by molar-refractivity contribution is -0.136. The van der Waals surface area contributed by atoms with Crippen LogP contribution in [0, 0.1) is 11.8 Å². The molecular formula is C27H33N5O4. The van der Waals surface area contributed by atoms with E-state index in [-0.39, 0.29) is 29.4 Å². The molecule has 9 nitrogen and oxygen atoms in total. The van der Waals surface area contributed by atoms with E-state index >= 15 is 0 Å². The summed E-state index contributed by atoms with van der Waals surface area (Å²) in [5.74, 6) is 5.76. The second-order valence-corrected chi connectivity index (χ2v) is 10.3. The van der Waals surface area contributed by atoms with Crippen molar-refractivity contribution in [3.05, 3.63) is 58.3 Å². The van der Waals surface area contributed by atoms with E-state index in [0.29, 0.717) is 43.6 Å². The van der Waals surface area contributed by atoms with E-state index in [1.807, 2.05) is 37.3 Å². The largest absolute Gasteiger partial charge is 0.388 e. The molecule has 0 aliphatic carbocycles. The van der Waals surface area contributed by atoms with Crippen molar-refractivity contribution in [3.8, 4) is 11.8 Å². The Morgan fingerprint density at radius 2 is 1.86 bits per heavy atom. The summed E-state index contributed by atoms with van der Waals surface area (Å²) in [4.78, 5) is 32.1. The van der Waals surface area contributed by atoms with Crippen molar-refractivity contribution in [2.45, 2.75) is 63.7 Å². The highest BCUT2D eigenvalue weighted by molar-refractivity contribution is 5.79. The number of nitrogens with zero attached hydrogens (tertiary/aromatic N) is 5. The lowest BCUT2D eigenvalue weighted by Gasteiger charge is -2.38. The molecule has 1 saturated heterocycles. The minimum absolute atomic E-state index is 0.0679. The molecule has 36 heavy (non-hydrogen) atoms. The van der Waals surface area contributed by atoms with Crippen LogP contribution in [-0.4, -0.2) is 64.6 Å². The number of benzene rings is 1. The fourth-order valence-electron chi connectivity index (χ4n) is 4.50. The number of amides is 1. The standard InChI is InChI=1S/C27H33N5O4/c1-19(20-8-6-5-7-9-20)16-22(33)31-14-12-27(36,13-15-31)17-32-18-28-23-21(10-11-26(2,3)35)30(4)29-24(23)25(32)34/h5-9,18-19,35-36H,12-17H2,1-4H3/t19-/m1/s1. The summed E-state index contributed by atoms with van der Waals surface area (Å²) in [6.45, 7) is 6.12. The van der Waals surface area contributed by atoms with Crippen molar-refractivity contribution in [2.75, 3.05) is 13.1 Å². The number of carbonyl (C=O) groups excluding carboxylic acids is 1. The van der Waals surface area contributed by atoms with Gasteiger partial charge in [-0.25, -0.2) is 4.98 Å². The van der Waals surface area contributed by atoms with Crippen molar-refractivity contribution < 1.29 is 15.0 Å². The topological polar surface area (TPSA) is 113 Å². The molecular weight excluding hydrogens is 458 g/mol. The van der Waals surface area contributed by atoms with Crippen LogP contribution in [0.1, 0.15) is 57.2 Å². The van der Waals surface area contributed by atoms with Crippen molar-refractivity contribution in [1.29, 1.82) is 0 Å². The quantitative estimate of drug-likeness (QED) is 0.526. The minimum Gasteiger partial charge on any atom is -0.388 e. The van der Waals surface area contributed by atoms with E-state index < -0.39 is 11.2 Å². The Hall–Kier alpha value is -3.48. The second kappa shape index (κ2) is 9.88. The fraction of sp³-hybridized carbons (Fsp3) is 0.481. The van der Waals surface area contributed by atoms with Gasteiger partial charge in [-0.05, 0) is 44.1 Å². The van der Waals surface area contributed by atoms with E-state index in [2.05, 4.69) is 21.9 Å². The summed E-state index contributed by atoms with van der Waals surface area (Å²) in [5.41, 5.74) is -0.599. The maximum absolute atomic E-state index is 13.1. The summed E-state index contributed by atoms with van der Waals surface area (Å²) >= 11 is 0. The Morgan fingerprint density at radius 3 is 2.50 bits per heavy atom. The zero-order valence-electron chi connectivity index (χ0n) is 21.2. The van der Waals surface area contributed by atoms with E-state index in [1.165, 1.54) is 15.6 Å². The monoisotopic (exact) mass is 491 g/mol. The number of piperidine rings is 1. The van der Waals surface area contributed by atoms with Crippen LogP contribution >= 0.6 is 0 Å². The number of carbonyl (C=O) groups is 1. The molecule has 4 rings (SSSR count). The Kier molecular flexibility index (Phi) is 7.03. The Balaban J connectivity index is 1.44. The van der Waals surface area contributed by atoms with Crippen molar-refractivity contribution in [2.24, 2.45) is 7.05 Å². The lowest BCUT2D eigenvalue weighted by atomic mass is 9.90. The van der Waals surface area contributed by atoms with Gasteiger partial charge in [0.1, 0.15) is 16.8 Å². The maximum Gasteiger partial charge on any atom is 0.281 e. The molecule has 1 aliphatic heterocycles. The number of hydrogen-bond acceptors (Lipinski definition) is 6. The van der Waals surface area contributed by atoms with Gasteiger partial charge in [0.15, 0.2) is 5.52 Å². The SMILES string of the molecule is C[C@H](CC(=O)N1CCC(O)(Cn2cnc3c(C#CC(C)(C)O)n(C)nc3c2=O)CC1)c1ccccc1. The zero-order chi connectivity index (χ0) is 26.1. The molecule has 1 aromatic carbocycles. The first kappa shape index (κ1) is 25.6. The third kappa shape index (κ3) is 5.66. The summed E-state index contributed by atoms with van der Waals surface area (Å²) in [5, 5.41) is 25.4. The molecule has 1 aliphatic rings. The molecule has 0 unspecified atom stereocenters. The number of aliphatic hydroxyl groups is 2. The van der Waals surface area contributed by atoms with Crippen LogP contribution in [0.4, 0.5) is 0 Å². The molecule has 3 heterocycles. The molecule has 0 spiro atoms. The first-order valence-corrected chi connectivity index (χ1v) is 12.2. The summed E-state index contributed by atoms with van der Waals surface area (Å²) in [6.07, 6.45) is 2.56. The average molecular weight is 492 g/mol. The molecule has 1 amide bonds. The van der Waals surface area contributed by atoms with Crippen LogP contribution in [0.3, 0.4) is 0 Å². The number of aryl methyl sites for hydroxylation is 1. The van der Waals surface area contributed by atoms with Crippen LogP contribution in [-0.2, 0) is 18.4 Å². The molecule has 190 valence electrons. The first-order valence-electron chi connectivity index (χ1n) is 12.2. The van der Waals surface area contributed by atoms with Gasteiger partial charge in [-0.1, -0.05) is 43.2 Å². The highest BCUT2D eigenvalue weighted by Crippen LogP contribution is 2.26. The van der Waals surface area contributed by atoms with Crippen molar-refractivity contribution in [3.63, 3.8) is 0 Å². The highest BCUT2D eigenvalue weighted by Gasteiger charge is 2.35. The smallest absolute Gasteiger partial charge is 0.281 e. The van der Waals surface area contributed by atoms with Gasteiger partial charge < -0.3 is 15.1 Å². The number of rotatable bonds is 5. The fourth-order valence-corrected chi connectivity index (χ4v) is 4.50. The second-order valence-electron chi connectivity index (χ2n) is 10.3. The Morgan fingerprint density at radius 1 is 1.19 bits per heavy atom. The van der Waals surface area contributed by atoms with Gasteiger partial charge in [0, 0.05) is 26.6 Å². The van der Waals surface area contributed by atoms with E-state index in [0.717, 1.165) is 5.56 Å². The molecule has 2 N–H and O–H groups in total. The van der Waals surface area contributed by atoms with E-state index in [9.17, 15) is 19.8 Å². The molecule has 0 bridgehead atoms. The normalized spacial score (nSPS) is 16.4. The van der Waals surface area contributed by atoms with Crippen LogP contribution in [0.25, 0.3) is 11.0 Å². The van der Waals surface area contributed by atoms with Crippen molar-refractivity contribution in [1.82, 2.24) is 24.2 Å². The average Bonchev–Trinajstić information content (AvgIpc) is 3.15. The predicted molar refractivity (Wildman–Crippen MR) is 136 cm³/mol. The van der Waals surface area contributed by atoms with Gasteiger partial charge in [-0.3, -0.25) is 18.8 Å². The van der Waals surface area contributed by atoms with Crippen LogP contribution < -0.4 is 5.56 Å². The van der Waals surface area contributed by atoms with Crippen LogP contribution in [0.15, 0.2) is 41.5 Å². The predicted octanol–water partition coefficient (Wildman–Crippen LogP) is 1.80. The third-order valence-corrected chi connectivity index (χ3v) is 6.66. The van der Waals surface area contributed by atoms with Crippen LogP contribution in [0.5, 0.6) is 0 Å². The molecule has 0 saturated carbocycles. The van der Waals surface area contributed by atoms with Gasteiger partial charge in [0.2, 0.25) is 5.91 Å². The third-order valence-electron chi connectivity index (χ3n) is 6.66. The van der Waals surface area contributed by atoms with Gasteiger partial charge in [-0.15, -0.1) is 0 Å². The summed E-state index contributed by atoms with van der Waals surface area (Å²) in [7, 11) is 1.67. The van der Waals surface area contributed by atoms with Gasteiger partial charge >= 0.3 is 0 Å². The summed E-state index contributed by atoms with van der Waals surface area (Å²) < 4.78 is 2.84. The number of aromatic nitrogens is 4. The molecule has 9 heteroatoms. The number of likely N-dealkylation sites (tertiary alicyclic amines) is 1. The maximum atomic E-state index is 13.1. The first-order chi connectivity index (χ1) is 17.0. The Bertz CT molecular complexity index is 1370. The van der Waals surface area contributed by atoms with E-state index in [4.69, 9.17) is 0 Å². The molecule has 1 fully saturated rings. The summed E-state index contributed by atoms with van der Waals surface area (Å²) in [6, 6.07) is 9.96. The van der Waals surface area contributed by atoms with Gasteiger partial charge in [0.05, 0.1) is 18.5 Å². The van der Waals surface area contributed by atoms with Crippen LogP contribution in [0.2, 0.25) is 0 Å². The molecule has 3 aromatic rings. The number of fused-ring (bicyclic) bond motifs is 1. The highest BCUT2D eigenvalue weighted by atomic mass is 16.3. The molecule has 2 aromatic heterocycles. The molecule has 1 atom stereocenters. The van der Waals surface area contributed by atoms with Crippen molar-refractivity contribution >= 4 is 16.9 Å².